The molecule has 0 aromatic rings. The van der Waals surface area contributed by atoms with Gasteiger partial charge in [0.25, 0.3) is 0 Å². The van der Waals surface area contributed by atoms with Crippen molar-refractivity contribution in [3.63, 3.8) is 0 Å². The van der Waals surface area contributed by atoms with Crippen LogP contribution in [0.25, 0.3) is 0 Å². The number of aliphatic hydroxyl groups excluding tert-OH is 1. The number of hydrogen-bond donors (Lipinski definition) is 2. The van der Waals surface area contributed by atoms with Crippen LogP contribution in [0.2, 0.25) is 25.2 Å². The molecule has 0 aromatic carbocycles. The molecule has 0 amide bonds. The molecule has 0 bridgehead atoms. The second-order valence-electron chi connectivity index (χ2n) is 8.02. The minimum atomic E-state index is -1.16. The van der Waals surface area contributed by atoms with E-state index in [9.17, 15) is 5.11 Å². The Hall–Kier alpha value is 0.0969. The van der Waals surface area contributed by atoms with Crippen LogP contribution in [0.5, 0.6) is 0 Å². The molecule has 0 fully saturated rings. The highest BCUT2D eigenvalue weighted by Crippen LogP contribution is 2.24. The predicted octanol–water partition coefficient (Wildman–Crippen LogP) is 3.81. The van der Waals surface area contributed by atoms with E-state index in [2.05, 4.69) is 13.1 Å². The number of rotatable bonds is 11. The first-order valence-corrected chi connectivity index (χ1v) is 11.4. The van der Waals surface area contributed by atoms with Gasteiger partial charge in [-0.1, -0.05) is 31.6 Å². The van der Waals surface area contributed by atoms with Gasteiger partial charge in [0.15, 0.2) is 0 Å². The van der Waals surface area contributed by atoms with E-state index in [4.69, 9.17) is 9.84 Å². The van der Waals surface area contributed by atoms with Gasteiger partial charge in [-0.3, -0.25) is 0 Å². The van der Waals surface area contributed by atoms with E-state index in [1.54, 1.807) is 0 Å². The Balaban J connectivity index is 3.82. The fourth-order valence-electron chi connectivity index (χ4n) is 2.37. The van der Waals surface area contributed by atoms with Gasteiger partial charge in [0, 0.05) is 21.3 Å². The van der Waals surface area contributed by atoms with Gasteiger partial charge in [0.1, 0.15) is 0 Å². The van der Waals surface area contributed by atoms with Crippen LogP contribution >= 0.6 is 0 Å². The van der Waals surface area contributed by atoms with Crippen LogP contribution < -0.4 is 0 Å². The van der Waals surface area contributed by atoms with Crippen LogP contribution in [0.3, 0.4) is 0 Å². The molecule has 4 heteroatoms. The predicted molar refractivity (Wildman–Crippen MR) is 89.0 cm³/mol. The molecule has 2 N–H and O–H groups in total. The summed E-state index contributed by atoms with van der Waals surface area (Å²) in [5, 5.41) is 18.7. The van der Waals surface area contributed by atoms with E-state index in [0.29, 0.717) is 6.42 Å². The summed E-state index contributed by atoms with van der Waals surface area (Å²) in [6.07, 6.45) is 3.82. The summed E-state index contributed by atoms with van der Waals surface area (Å²) >= 11 is 0. The van der Waals surface area contributed by atoms with Crippen molar-refractivity contribution < 1.29 is 14.9 Å². The lowest BCUT2D eigenvalue weighted by Gasteiger charge is -2.27. The van der Waals surface area contributed by atoms with Gasteiger partial charge >= 0.3 is 0 Å². The highest BCUT2D eigenvalue weighted by Gasteiger charge is 2.23. The SMILES string of the molecule is CC(C)(O)CCC[Si](C)(C)CCCOC(C)(C)CCO. The third-order valence-corrected chi connectivity index (χ3v) is 7.26. The minimum Gasteiger partial charge on any atom is -0.396 e. The minimum absolute atomic E-state index is 0.185. The lowest BCUT2D eigenvalue weighted by Crippen LogP contribution is -2.29. The van der Waals surface area contributed by atoms with Crippen LogP contribution in [-0.4, -0.2) is 42.7 Å². The summed E-state index contributed by atoms with van der Waals surface area (Å²) in [4.78, 5) is 0. The van der Waals surface area contributed by atoms with E-state index in [0.717, 1.165) is 25.9 Å². The Labute approximate surface area is 126 Å². The summed E-state index contributed by atoms with van der Waals surface area (Å²) in [5.74, 6) is 0. The zero-order valence-corrected chi connectivity index (χ0v) is 15.5. The summed E-state index contributed by atoms with van der Waals surface area (Å²) in [6.45, 7) is 13.7. The molecule has 20 heavy (non-hydrogen) atoms. The first-order valence-electron chi connectivity index (χ1n) is 7.95. The topological polar surface area (TPSA) is 49.7 Å². The lowest BCUT2D eigenvalue weighted by atomic mass is 10.0. The molecule has 0 rings (SSSR count). The van der Waals surface area contributed by atoms with E-state index < -0.39 is 13.7 Å². The van der Waals surface area contributed by atoms with Crippen molar-refractivity contribution in [3.8, 4) is 0 Å². The normalized spacial score (nSPS) is 13.8. The van der Waals surface area contributed by atoms with Gasteiger partial charge in [-0.2, -0.15) is 0 Å². The molecule has 0 aromatic heterocycles. The average Bonchev–Trinajstić information content (AvgIpc) is 2.22. The number of hydrogen-bond acceptors (Lipinski definition) is 3. The van der Waals surface area contributed by atoms with Crippen molar-refractivity contribution in [2.45, 2.75) is 89.8 Å². The molecule has 0 spiro atoms. The maximum atomic E-state index is 9.74. The number of ether oxygens (including phenoxy) is 1. The average molecular weight is 305 g/mol. The fourth-order valence-corrected chi connectivity index (χ4v) is 4.85. The molecule has 0 atom stereocenters. The molecular formula is C16H36O3Si. The largest absolute Gasteiger partial charge is 0.396 e. The Kier molecular flexibility index (Phi) is 8.56. The third kappa shape index (κ3) is 11.9. The van der Waals surface area contributed by atoms with Crippen LogP contribution in [0, 0.1) is 0 Å². The molecule has 0 aliphatic carbocycles. The molecule has 0 aliphatic heterocycles. The van der Waals surface area contributed by atoms with Gasteiger partial charge in [-0.25, -0.2) is 0 Å². The summed E-state index contributed by atoms with van der Waals surface area (Å²) in [7, 11) is -1.16. The van der Waals surface area contributed by atoms with Gasteiger partial charge in [-0.15, -0.1) is 0 Å². The summed E-state index contributed by atoms with van der Waals surface area (Å²) < 4.78 is 5.85. The van der Waals surface area contributed by atoms with Gasteiger partial charge < -0.3 is 14.9 Å². The summed E-state index contributed by atoms with van der Waals surface area (Å²) in [5.41, 5.74) is -0.733. The monoisotopic (exact) mass is 304 g/mol. The van der Waals surface area contributed by atoms with Crippen molar-refractivity contribution in [1.82, 2.24) is 0 Å². The zero-order valence-electron chi connectivity index (χ0n) is 14.5. The first-order chi connectivity index (χ1) is 8.97. The standard InChI is InChI=1S/C16H36O3Si/c1-15(2,18)9-7-13-20(5,6)14-8-12-19-16(3,4)10-11-17/h17-18H,7-14H2,1-6H3. The van der Waals surface area contributed by atoms with Crippen molar-refractivity contribution in [2.75, 3.05) is 13.2 Å². The molecular weight excluding hydrogens is 268 g/mol. The molecule has 0 heterocycles. The first kappa shape index (κ1) is 20.1. The van der Waals surface area contributed by atoms with E-state index in [-0.39, 0.29) is 12.2 Å². The third-order valence-electron chi connectivity index (χ3n) is 3.85. The van der Waals surface area contributed by atoms with Gasteiger partial charge in [0.2, 0.25) is 0 Å². The highest BCUT2D eigenvalue weighted by molar-refractivity contribution is 6.77. The van der Waals surface area contributed by atoms with Crippen LogP contribution in [0.1, 0.15) is 53.4 Å². The fraction of sp³-hybridized carbons (Fsp3) is 1.00. The molecule has 0 radical (unpaired) electrons. The van der Waals surface area contributed by atoms with E-state index in [1.807, 2.05) is 27.7 Å². The maximum absolute atomic E-state index is 9.74. The molecule has 0 aliphatic rings. The Morgan fingerprint density at radius 3 is 2.00 bits per heavy atom. The van der Waals surface area contributed by atoms with Crippen LogP contribution in [0.4, 0.5) is 0 Å². The quantitative estimate of drug-likeness (QED) is 0.451. The maximum Gasteiger partial charge on any atom is 0.0648 e. The van der Waals surface area contributed by atoms with Gasteiger partial charge in [0.05, 0.1) is 11.2 Å². The Morgan fingerprint density at radius 2 is 1.50 bits per heavy atom. The summed E-state index contributed by atoms with van der Waals surface area (Å²) in [6, 6.07) is 2.55. The van der Waals surface area contributed by atoms with E-state index >= 15 is 0 Å². The second-order valence-corrected chi connectivity index (χ2v) is 13.3. The van der Waals surface area contributed by atoms with Crippen molar-refractivity contribution in [1.29, 1.82) is 0 Å². The molecule has 0 saturated heterocycles. The molecule has 0 unspecified atom stereocenters. The van der Waals surface area contributed by atoms with E-state index in [1.165, 1.54) is 12.1 Å². The van der Waals surface area contributed by atoms with Crippen LogP contribution in [0.15, 0.2) is 0 Å². The van der Waals surface area contributed by atoms with Crippen molar-refractivity contribution >= 4 is 8.07 Å². The molecule has 122 valence electrons. The second kappa shape index (κ2) is 8.52. The zero-order chi connectivity index (χ0) is 15.9. The Bertz CT molecular complexity index is 257. The number of aliphatic hydroxyl groups is 2. The molecule has 3 nitrogen and oxygen atoms in total. The molecule has 0 saturated carbocycles. The smallest absolute Gasteiger partial charge is 0.0648 e. The lowest BCUT2D eigenvalue weighted by molar-refractivity contribution is -0.0322. The Morgan fingerprint density at radius 1 is 0.950 bits per heavy atom. The van der Waals surface area contributed by atoms with Crippen molar-refractivity contribution in [3.05, 3.63) is 0 Å². The van der Waals surface area contributed by atoms with Gasteiger partial charge in [-0.05, 0) is 47.0 Å². The highest BCUT2D eigenvalue weighted by atomic mass is 28.3. The van der Waals surface area contributed by atoms with Crippen molar-refractivity contribution in [2.24, 2.45) is 0 Å². The van der Waals surface area contributed by atoms with Crippen LogP contribution in [-0.2, 0) is 4.74 Å².